The molecule has 0 unspecified atom stereocenters. The highest BCUT2D eigenvalue weighted by molar-refractivity contribution is 5.25. The quantitative estimate of drug-likeness (QED) is 0.794. The van der Waals surface area contributed by atoms with Crippen LogP contribution in [0.5, 0.6) is 0 Å². The molecule has 2 rings (SSSR count). The van der Waals surface area contributed by atoms with Crippen LogP contribution in [0.3, 0.4) is 0 Å². The Morgan fingerprint density at radius 1 is 1.43 bits per heavy atom. The van der Waals surface area contributed by atoms with E-state index in [0.29, 0.717) is 0 Å². The molecular weight excluding hydrogens is 178 g/mol. The van der Waals surface area contributed by atoms with E-state index in [1.165, 1.54) is 0 Å². The maximum Gasteiger partial charge on any atom is 0.116 e. The second-order valence-corrected chi connectivity index (χ2v) is 4.43. The second kappa shape index (κ2) is 3.11. The molecule has 1 aromatic rings. The molecule has 14 heavy (non-hydrogen) atoms. The summed E-state index contributed by atoms with van der Waals surface area (Å²) in [6.45, 7) is 5.82. The first kappa shape index (κ1) is 9.74. The monoisotopic (exact) mass is 195 g/mol. The molecule has 0 aliphatic carbocycles. The number of hydrogen-bond acceptors (Lipinski definition) is 3. The third-order valence-electron chi connectivity index (χ3n) is 3.51. The summed E-state index contributed by atoms with van der Waals surface area (Å²) in [5.41, 5.74) is -0.0195. The molecular formula is C11H17NO2. The van der Waals surface area contributed by atoms with Gasteiger partial charge in [0, 0.05) is 5.54 Å². The Kier molecular flexibility index (Phi) is 2.16. The molecule has 1 saturated heterocycles. The van der Waals surface area contributed by atoms with Crippen molar-refractivity contribution in [3.63, 3.8) is 0 Å². The zero-order valence-electron chi connectivity index (χ0n) is 8.96. The first-order valence-corrected chi connectivity index (χ1v) is 4.93. The van der Waals surface area contributed by atoms with Gasteiger partial charge < -0.3 is 14.5 Å². The highest BCUT2D eigenvalue weighted by atomic mass is 16.5. The Labute approximate surface area is 84.4 Å². The molecule has 1 aliphatic heterocycles. The van der Waals surface area contributed by atoms with Gasteiger partial charge in [-0.25, -0.2) is 0 Å². The van der Waals surface area contributed by atoms with Crippen LogP contribution in [-0.4, -0.2) is 25.8 Å². The van der Waals surface area contributed by atoms with Crippen LogP contribution in [0.15, 0.2) is 22.8 Å². The van der Waals surface area contributed by atoms with E-state index in [-0.39, 0.29) is 11.0 Å². The van der Waals surface area contributed by atoms with Crippen molar-refractivity contribution < 1.29 is 9.15 Å². The number of furan rings is 1. The Bertz CT molecular complexity index is 299. The van der Waals surface area contributed by atoms with Gasteiger partial charge in [0.15, 0.2) is 0 Å². The predicted octanol–water partition coefficient (Wildman–Crippen LogP) is 1.55. The average Bonchev–Trinajstić information content (AvgIpc) is 2.55. The predicted molar refractivity (Wildman–Crippen MR) is 54.3 cm³/mol. The summed E-state index contributed by atoms with van der Waals surface area (Å²) in [4.78, 5) is 0. The summed E-state index contributed by atoms with van der Waals surface area (Å²) in [5, 5.41) is 3.33. The van der Waals surface area contributed by atoms with E-state index in [1.807, 2.05) is 19.2 Å². The maximum atomic E-state index is 5.51. The molecule has 78 valence electrons. The van der Waals surface area contributed by atoms with Gasteiger partial charge in [0.2, 0.25) is 0 Å². The Balaban J connectivity index is 2.36. The van der Waals surface area contributed by atoms with Crippen molar-refractivity contribution in [1.82, 2.24) is 5.32 Å². The van der Waals surface area contributed by atoms with Crippen molar-refractivity contribution in [3.8, 4) is 0 Å². The third kappa shape index (κ3) is 1.12. The van der Waals surface area contributed by atoms with E-state index in [4.69, 9.17) is 9.15 Å². The Morgan fingerprint density at radius 2 is 2.14 bits per heavy atom. The minimum absolute atomic E-state index is 0.00868. The Hall–Kier alpha value is -0.800. The van der Waals surface area contributed by atoms with Gasteiger partial charge in [0.05, 0.1) is 24.9 Å². The molecule has 1 aromatic heterocycles. The Morgan fingerprint density at radius 3 is 2.50 bits per heavy atom. The van der Waals surface area contributed by atoms with Crippen molar-refractivity contribution in [2.75, 3.05) is 20.3 Å². The minimum atomic E-state index is -0.0108. The third-order valence-corrected chi connectivity index (χ3v) is 3.51. The lowest BCUT2D eigenvalue weighted by Gasteiger charge is -2.50. The van der Waals surface area contributed by atoms with Crippen LogP contribution in [0.25, 0.3) is 0 Å². The first-order valence-electron chi connectivity index (χ1n) is 4.93. The molecule has 0 atom stereocenters. The molecule has 1 N–H and O–H groups in total. The van der Waals surface area contributed by atoms with Crippen molar-refractivity contribution in [2.45, 2.75) is 24.8 Å². The van der Waals surface area contributed by atoms with Gasteiger partial charge in [-0.2, -0.15) is 0 Å². The van der Waals surface area contributed by atoms with Gasteiger partial charge in [0.1, 0.15) is 5.76 Å². The molecule has 0 saturated carbocycles. The lowest BCUT2D eigenvalue weighted by molar-refractivity contribution is -0.109. The second-order valence-electron chi connectivity index (χ2n) is 4.43. The molecule has 2 heterocycles. The normalized spacial score (nSPS) is 20.5. The van der Waals surface area contributed by atoms with Crippen LogP contribution >= 0.6 is 0 Å². The average molecular weight is 195 g/mol. The molecule has 0 bridgehead atoms. The SMILES string of the molecule is CNC(C)(C)C1(c2ccco2)COC1. The van der Waals surface area contributed by atoms with Gasteiger partial charge in [-0.05, 0) is 33.0 Å². The molecule has 1 aliphatic rings. The lowest BCUT2D eigenvalue weighted by Crippen LogP contribution is -2.65. The molecule has 3 heteroatoms. The van der Waals surface area contributed by atoms with E-state index in [9.17, 15) is 0 Å². The number of likely N-dealkylation sites (N-methyl/N-ethyl adjacent to an activating group) is 1. The largest absolute Gasteiger partial charge is 0.469 e. The molecule has 0 radical (unpaired) electrons. The van der Waals surface area contributed by atoms with Crippen LogP contribution in [0, 0.1) is 0 Å². The van der Waals surface area contributed by atoms with Crippen LogP contribution in [-0.2, 0) is 10.2 Å². The van der Waals surface area contributed by atoms with Gasteiger partial charge in [-0.3, -0.25) is 0 Å². The molecule has 1 fully saturated rings. The number of nitrogens with one attached hydrogen (secondary N) is 1. The van der Waals surface area contributed by atoms with Gasteiger partial charge >= 0.3 is 0 Å². The summed E-state index contributed by atoms with van der Waals surface area (Å²) < 4.78 is 10.9. The zero-order valence-corrected chi connectivity index (χ0v) is 8.96. The summed E-state index contributed by atoms with van der Waals surface area (Å²) in [6, 6.07) is 3.96. The topological polar surface area (TPSA) is 34.4 Å². The van der Waals surface area contributed by atoms with Crippen LogP contribution < -0.4 is 5.32 Å². The van der Waals surface area contributed by atoms with E-state index in [1.54, 1.807) is 6.26 Å². The highest BCUT2D eigenvalue weighted by Crippen LogP contribution is 2.41. The lowest BCUT2D eigenvalue weighted by atomic mass is 9.68. The van der Waals surface area contributed by atoms with Crippen molar-refractivity contribution in [2.24, 2.45) is 0 Å². The van der Waals surface area contributed by atoms with Gasteiger partial charge in [-0.1, -0.05) is 0 Å². The van der Waals surface area contributed by atoms with Crippen molar-refractivity contribution >= 4 is 0 Å². The number of hydrogen-bond donors (Lipinski definition) is 1. The van der Waals surface area contributed by atoms with E-state index < -0.39 is 0 Å². The fraction of sp³-hybridized carbons (Fsp3) is 0.636. The minimum Gasteiger partial charge on any atom is -0.469 e. The maximum absolute atomic E-state index is 5.51. The summed E-state index contributed by atoms with van der Waals surface area (Å²) in [7, 11) is 1.98. The van der Waals surface area contributed by atoms with E-state index in [2.05, 4.69) is 19.2 Å². The zero-order chi connectivity index (χ0) is 10.2. The molecule has 0 aromatic carbocycles. The fourth-order valence-electron chi connectivity index (χ4n) is 1.91. The van der Waals surface area contributed by atoms with Crippen LogP contribution in [0.2, 0.25) is 0 Å². The first-order chi connectivity index (χ1) is 6.62. The smallest absolute Gasteiger partial charge is 0.116 e. The van der Waals surface area contributed by atoms with Gasteiger partial charge in [-0.15, -0.1) is 0 Å². The van der Waals surface area contributed by atoms with Gasteiger partial charge in [0.25, 0.3) is 0 Å². The summed E-state index contributed by atoms with van der Waals surface area (Å²) >= 11 is 0. The summed E-state index contributed by atoms with van der Waals surface area (Å²) in [6.07, 6.45) is 1.72. The molecule has 0 spiro atoms. The van der Waals surface area contributed by atoms with Crippen LogP contribution in [0.1, 0.15) is 19.6 Å². The fourth-order valence-corrected chi connectivity index (χ4v) is 1.91. The van der Waals surface area contributed by atoms with E-state index in [0.717, 1.165) is 19.0 Å². The van der Waals surface area contributed by atoms with Crippen molar-refractivity contribution in [3.05, 3.63) is 24.2 Å². The molecule has 3 nitrogen and oxygen atoms in total. The van der Waals surface area contributed by atoms with Crippen LogP contribution in [0.4, 0.5) is 0 Å². The number of rotatable bonds is 3. The standard InChI is InChI=1S/C11H17NO2/c1-10(2,12-3)11(7-13-8-11)9-5-4-6-14-9/h4-6,12H,7-8H2,1-3H3. The highest BCUT2D eigenvalue weighted by Gasteiger charge is 2.53. The summed E-state index contributed by atoms with van der Waals surface area (Å²) in [5.74, 6) is 1.02. The van der Waals surface area contributed by atoms with Crippen molar-refractivity contribution in [1.29, 1.82) is 0 Å². The number of ether oxygens (including phenoxy) is 1. The molecule has 0 amide bonds. The van der Waals surface area contributed by atoms with E-state index >= 15 is 0 Å².